The maximum Gasteiger partial charge on any atom is 0.230 e. The van der Waals surface area contributed by atoms with Crippen molar-refractivity contribution >= 4 is 0 Å². The zero-order valence-electron chi connectivity index (χ0n) is 20.4. The van der Waals surface area contributed by atoms with Crippen LogP contribution in [0, 0.1) is 5.21 Å². The van der Waals surface area contributed by atoms with Crippen LogP contribution in [0.1, 0.15) is 36.8 Å². The monoisotopic (exact) mass is 484 g/mol. The van der Waals surface area contributed by atoms with Gasteiger partial charge in [-0.25, -0.2) is 5.90 Å². The normalized spacial score (nSPS) is 11.8. The fraction of sp³-hybridized carbons (Fsp3) is 0.346. The van der Waals surface area contributed by atoms with Crippen molar-refractivity contribution in [3.05, 3.63) is 82.8 Å². The Morgan fingerprint density at radius 1 is 0.829 bits per heavy atom. The number of nitrogens with zero attached hydrogens (tertiary/aromatic N) is 1. The summed E-state index contributed by atoms with van der Waals surface area (Å²) in [6.45, 7) is 4.37. The molecule has 1 heterocycles. The number of hydrogen-bond acceptors (Lipinski definition) is 8. The second kappa shape index (κ2) is 12.8. The van der Waals surface area contributed by atoms with Crippen molar-refractivity contribution in [1.29, 1.82) is 0 Å². The summed E-state index contributed by atoms with van der Waals surface area (Å²) in [7, 11) is 3.22. The van der Waals surface area contributed by atoms with Crippen LogP contribution in [0.4, 0.5) is 0 Å². The third-order valence-corrected chi connectivity index (χ3v) is 5.19. The summed E-state index contributed by atoms with van der Waals surface area (Å²) < 4.78 is 28.7. The van der Waals surface area contributed by atoms with Gasteiger partial charge in [0.05, 0.1) is 33.0 Å². The first-order valence-electron chi connectivity index (χ1n) is 11.2. The summed E-state index contributed by atoms with van der Waals surface area (Å²) in [6, 6.07) is 16.5. The van der Waals surface area contributed by atoms with E-state index in [1.54, 1.807) is 20.3 Å². The van der Waals surface area contributed by atoms with Gasteiger partial charge in [-0.15, -0.1) is 0 Å². The molecule has 0 saturated carbocycles. The van der Waals surface area contributed by atoms with E-state index in [1.807, 2.05) is 62.4 Å². The van der Waals surface area contributed by atoms with Gasteiger partial charge in [-0.2, -0.15) is 4.73 Å². The Balaban J connectivity index is 1.84. The second-order valence-electron chi connectivity index (χ2n) is 8.03. The molecular formula is C26H32N2O7. The van der Waals surface area contributed by atoms with Crippen molar-refractivity contribution in [1.82, 2.24) is 0 Å². The number of benzene rings is 2. The maximum absolute atomic E-state index is 12.8. The van der Waals surface area contributed by atoms with Crippen molar-refractivity contribution < 1.29 is 33.3 Å². The van der Waals surface area contributed by atoms with Crippen molar-refractivity contribution in [3.8, 4) is 23.0 Å². The van der Waals surface area contributed by atoms with Crippen LogP contribution in [0.25, 0.3) is 0 Å². The average molecular weight is 485 g/mol. The number of methoxy groups -OCH3 is 2. The fourth-order valence-electron chi connectivity index (χ4n) is 3.21. The molecule has 2 N–H and O–H groups in total. The maximum atomic E-state index is 12.8. The molecule has 0 spiro atoms. The molecule has 35 heavy (non-hydrogen) atoms. The van der Waals surface area contributed by atoms with E-state index in [-0.39, 0.29) is 37.4 Å². The highest BCUT2D eigenvalue weighted by molar-refractivity contribution is 5.38. The first-order valence-corrected chi connectivity index (χ1v) is 11.2. The summed E-state index contributed by atoms with van der Waals surface area (Å²) in [5.74, 6) is 7.63. The lowest BCUT2D eigenvalue weighted by Crippen LogP contribution is -2.36. The number of pyridine rings is 1. The van der Waals surface area contributed by atoms with E-state index in [9.17, 15) is 5.21 Å². The molecule has 0 radical (unpaired) electrons. The minimum Gasteiger partial charge on any atom is -0.618 e. The highest BCUT2D eigenvalue weighted by Crippen LogP contribution is 2.31. The molecule has 0 fully saturated rings. The van der Waals surface area contributed by atoms with Crippen molar-refractivity contribution in [2.24, 2.45) is 5.90 Å². The van der Waals surface area contributed by atoms with Crippen LogP contribution in [0.15, 0.2) is 60.8 Å². The predicted octanol–water partition coefficient (Wildman–Crippen LogP) is 3.85. The molecule has 1 atom stereocenters. The van der Waals surface area contributed by atoms with Gasteiger partial charge in [0, 0.05) is 0 Å². The van der Waals surface area contributed by atoms with Crippen LogP contribution in [-0.2, 0) is 22.8 Å². The Labute approximate surface area is 205 Å². The standard InChI is InChI=1S/C26H32N2O7/c1-18(2)32-17-26(35-27)23-13-24(33-15-19-5-9-21(30-3)10-6-19)25(14-28(23)29)34-16-20-7-11-22(31-4)12-8-20/h5-14,18,26H,15-17,27H2,1-4H3. The van der Waals surface area contributed by atoms with Crippen molar-refractivity contribution in [3.63, 3.8) is 0 Å². The van der Waals surface area contributed by atoms with Crippen molar-refractivity contribution in [2.75, 3.05) is 20.8 Å². The van der Waals surface area contributed by atoms with E-state index in [1.165, 1.54) is 6.20 Å². The molecule has 3 aromatic rings. The smallest absolute Gasteiger partial charge is 0.230 e. The molecule has 2 aromatic carbocycles. The summed E-state index contributed by atoms with van der Waals surface area (Å²) in [5.41, 5.74) is 2.07. The summed E-state index contributed by atoms with van der Waals surface area (Å²) in [4.78, 5) is 5.03. The van der Waals surface area contributed by atoms with Gasteiger partial charge in [-0.3, -0.25) is 4.84 Å². The SMILES string of the molecule is COc1ccc(COc2cc(C(COC(C)C)ON)[n+]([O-])cc2OCc2ccc(OC)cc2)cc1. The quantitative estimate of drug-likeness (QED) is 0.221. The topological polar surface area (TPSA) is 108 Å². The number of nitrogens with two attached hydrogens (primary N) is 1. The van der Waals surface area contributed by atoms with Crippen molar-refractivity contribution in [2.45, 2.75) is 39.3 Å². The predicted molar refractivity (Wildman–Crippen MR) is 129 cm³/mol. The van der Waals surface area contributed by atoms with Gasteiger partial charge in [0.15, 0.2) is 11.9 Å². The molecule has 0 aliphatic heterocycles. The molecule has 0 aliphatic carbocycles. The zero-order chi connectivity index (χ0) is 25.2. The van der Waals surface area contributed by atoms with Gasteiger partial charge >= 0.3 is 0 Å². The highest BCUT2D eigenvalue weighted by atomic mass is 16.6. The Morgan fingerprint density at radius 2 is 1.34 bits per heavy atom. The van der Waals surface area contributed by atoms with Crippen LogP contribution in [0.5, 0.6) is 23.0 Å². The van der Waals surface area contributed by atoms with Crippen LogP contribution in [0.3, 0.4) is 0 Å². The largest absolute Gasteiger partial charge is 0.618 e. The number of hydrogen-bond donors (Lipinski definition) is 1. The van der Waals surface area contributed by atoms with Crippen LogP contribution in [-0.4, -0.2) is 26.9 Å². The number of rotatable bonds is 13. The third kappa shape index (κ3) is 7.48. The Hall–Kier alpha value is -3.53. The average Bonchev–Trinajstić information content (AvgIpc) is 2.88. The Kier molecular flexibility index (Phi) is 9.54. The molecule has 0 aliphatic rings. The molecular weight excluding hydrogens is 452 g/mol. The van der Waals surface area contributed by atoms with E-state index in [4.69, 9.17) is 34.4 Å². The van der Waals surface area contributed by atoms with E-state index in [0.29, 0.717) is 10.5 Å². The molecule has 3 rings (SSSR count). The molecule has 0 amide bonds. The minimum atomic E-state index is -0.783. The third-order valence-electron chi connectivity index (χ3n) is 5.19. The summed E-state index contributed by atoms with van der Waals surface area (Å²) in [6.07, 6.45) is 0.475. The van der Waals surface area contributed by atoms with Gasteiger partial charge in [0.25, 0.3) is 0 Å². The van der Waals surface area contributed by atoms with Gasteiger partial charge in [-0.05, 0) is 49.2 Å². The van der Waals surface area contributed by atoms with Crippen LogP contribution < -0.4 is 29.6 Å². The van der Waals surface area contributed by atoms with Crippen LogP contribution >= 0.6 is 0 Å². The lowest BCUT2D eigenvalue weighted by Gasteiger charge is -2.19. The fourth-order valence-corrected chi connectivity index (χ4v) is 3.21. The van der Waals surface area contributed by atoms with E-state index in [0.717, 1.165) is 22.6 Å². The zero-order valence-corrected chi connectivity index (χ0v) is 20.4. The molecule has 0 bridgehead atoms. The van der Waals surface area contributed by atoms with Gasteiger partial charge in [-0.1, -0.05) is 24.3 Å². The molecule has 0 saturated heterocycles. The lowest BCUT2D eigenvalue weighted by molar-refractivity contribution is -0.619. The van der Waals surface area contributed by atoms with Crippen LogP contribution in [0.2, 0.25) is 0 Å². The number of ether oxygens (including phenoxy) is 5. The first-order chi connectivity index (χ1) is 16.9. The lowest BCUT2D eigenvalue weighted by atomic mass is 10.2. The summed E-state index contributed by atoms with van der Waals surface area (Å²) >= 11 is 0. The van der Waals surface area contributed by atoms with E-state index < -0.39 is 6.10 Å². The first kappa shape index (κ1) is 26.1. The van der Waals surface area contributed by atoms with E-state index >= 15 is 0 Å². The van der Waals surface area contributed by atoms with Gasteiger partial charge in [0.1, 0.15) is 24.7 Å². The minimum absolute atomic E-state index is 0.0503. The molecule has 1 unspecified atom stereocenters. The van der Waals surface area contributed by atoms with E-state index in [2.05, 4.69) is 0 Å². The Bertz CT molecular complexity index is 1060. The molecule has 1 aromatic heterocycles. The van der Waals surface area contributed by atoms with Gasteiger partial charge < -0.3 is 28.9 Å². The van der Waals surface area contributed by atoms with Gasteiger partial charge in [0.2, 0.25) is 17.6 Å². The molecule has 9 nitrogen and oxygen atoms in total. The second-order valence-corrected chi connectivity index (χ2v) is 8.03. The highest BCUT2D eigenvalue weighted by Gasteiger charge is 2.25. The number of aromatic nitrogens is 1. The summed E-state index contributed by atoms with van der Waals surface area (Å²) in [5, 5.41) is 12.8. The molecule has 188 valence electrons. The Morgan fingerprint density at radius 3 is 1.80 bits per heavy atom. The molecule has 9 heteroatoms.